The lowest BCUT2D eigenvalue weighted by Gasteiger charge is -2.16. The molecule has 0 bridgehead atoms. The Morgan fingerprint density at radius 2 is 1.97 bits per heavy atom. The summed E-state index contributed by atoms with van der Waals surface area (Å²) in [5, 5.41) is 10.1. The van der Waals surface area contributed by atoms with Crippen molar-refractivity contribution in [1.29, 1.82) is 0 Å². The molecule has 0 fully saturated rings. The molecule has 9 heteroatoms. The predicted molar refractivity (Wildman–Crippen MR) is 115 cm³/mol. The molecule has 0 aliphatic heterocycles. The zero-order valence-electron chi connectivity index (χ0n) is 16.8. The molecule has 0 aliphatic rings. The predicted octanol–water partition coefficient (Wildman–Crippen LogP) is 4.09. The number of aryl methyl sites for hydroxylation is 1. The second kappa shape index (κ2) is 9.75. The van der Waals surface area contributed by atoms with Gasteiger partial charge in [0.25, 0.3) is 6.47 Å². The number of methoxy groups -OCH3 is 1. The van der Waals surface area contributed by atoms with Crippen molar-refractivity contribution >= 4 is 17.8 Å². The van der Waals surface area contributed by atoms with Gasteiger partial charge in [-0.2, -0.15) is 0 Å². The third kappa shape index (κ3) is 4.52. The highest BCUT2D eigenvalue weighted by atomic mass is 32.1. The van der Waals surface area contributed by atoms with Crippen LogP contribution in [0.15, 0.2) is 54.7 Å². The topological polar surface area (TPSA) is 103 Å². The van der Waals surface area contributed by atoms with Crippen LogP contribution in [0.3, 0.4) is 0 Å². The summed E-state index contributed by atoms with van der Waals surface area (Å²) < 4.78 is 7.67. The van der Waals surface area contributed by atoms with Gasteiger partial charge >= 0.3 is 0 Å². The number of hydrogen-bond acceptors (Lipinski definition) is 7. The highest BCUT2D eigenvalue weighted by molar-refractivity contribution is 7.09. The number of aromatic nitrogens is 5. The molecule has 0 amide bonds. The fraction of sp³-hybridized carbons (Fsp3) is 0.190. The first-order chi connectivity index (χ1) is 14.6. The smallest absolute Gasteiger partial charge is 0.290 e. The van der Waals surface area contributed by atoms with E-state index in [1.54, 1.807) is 30.8 Å². The van der Waals surface area contributed by atoms with Gasteiger partial charge in [0, 0.05) is 46.9 Å². The largest absolute Gasteiger partial charge is 0.496 e. The molecular weight excluding hydrogens is 402 g/mol. The minimum atomic E-state index is -0.250. The maximum atomic E-state index is 8.36. The Labute approximate surface area is 177 Å². The maximum Gasteiger partial charge on any atom is 0.290 e. The van der Waals surface area contributed by atoms with E-state index in [-0.39, 0.29) is 12.5 Å². The number of thiazole rings is 1. The van der Waals surface area contributed by atoms with E-state index < -0.39 is 0 Å². The summed E-state index contributed by atoms with van der Waals surface area (Å²) in [6, 6.07) is 6.13. The fourth-order valence-electron chi connectivity index (χ4n) is 3.07. The van der Waals surface area contributed by atoms with Crippen LogP contribution >= 0.6 is 11.3 Å². The third-order valence-electron chi connectivity index (χ3n) is 4.48. The number of carbonyl (C=O) groups is 1. The summed E-state index contributed by atoms with van der Waals surface area (Å²) in [5.74, 6) is 1.66. The van der Waals surface area contributed by atoms with Crippen LogP contribution in [0.2, 0.25) is 0 Å². The van der Waals surface area contributed by atoms with Crippen LogP contribution in [0.5, 0.6) is 5.75 Å². The van der Waals surface area contributed by atoms with Gasteiger partial charge in [0.15, 0.2) is 0 Å². The van der Waals surface area contributed by atoms with Crippen molar-refractivity contribution in [2.45, 2.75) is 19.9 Å². The molecule has 0 radical (unpaired) electrons. The average molecular weight is 423 g/mol. The van der Waals surface area contributed by atoms with Crippen molar-refractivity contribution in [2.24, 2.45) is 0 Å². The van der Waals surface area contributed by atoms with Gasteiger partial charge in [0.05, 0.1) is 23.9 Å². The zero-order chi connectivity index (χ0) is 21.5. The Morgan fingerprint density at radius 1 is 1.23 bits per heavy atom. The van der Waals surface area contributed by atoms with Gasteiger partial charge < -0.3 is 14.4 Å². The normalized spacial score (nSPS) is 11.3. The van der Waals surface area contributed by atoms with E-state index in [1.165, 1.54) is 6.33 Å². The Balaban J connectivity index is 0.000000806. The van der Waals surface area contributed by atoms with Crippen LogP contribution in [0.25, 0.3) is 22.5 Å². The first-order valence-corrected chi connectivity index (χ1v) is 9.93. The van der Waals surface area contributed by atoms with Gasteiger partial charge in [-0.05, 0) is 32.0 Å². The van der Waals surface area contributed by atoms with Crippen molar-refractivity contribution < 1.29 is 14.6 Å². The van der Waals surface area contributed by atoms with E-state index in [2.05, 4.69) is 42.9 Å². The van der Waals surface area contributed by atoms with Gasteiger partial charge in [-0.3, -0.25) is 4.79 Å². The molecule has 4 aromatic rings. The Bertz CT molecular complexity index is 1110. The molecule has 0 saturated carbocycles. The molecule has 30 heavy (non-hydrogen) atoms. The summed E-state index contributed by atoms with van der Waals surface area (Å²) in [5.41, 5.74) is 3.88. The standard InChI is InChI=1S/C20H19N5OS.CH2O2/c1-13(18-11-27-14(2)24-18)25-7-6-23-20(25)15-4-5-19(26-3)17(8-15)16-9-21-12-22-10-16;2-1-3/h4-13H,1-3H3;1H,(H,2,3). The van der Waals surface area contributed by atoms with Crippen molar-refractivity contribution in [3.63, 3.8) is 0 Å². The summed E-state index contributed by atoms with van der Waals surface area (Å²) in [7, 11) is 1.66. The molecule has 8 nitrogen and oxygen atoms in total. The highest BCUT2D eigenvalue weighted by Crippen LogP contribution is 2.34. The minimum Gasteiger partial charge on any atom is -0.496 e. The van der Waals surface area contributed by atoms with Gasteiger partial charge in [-0.25, -0.2) is 19.9 Å². The van der Waals surface area contributed by atoms with E-state index >= 15 is 0 Å². The lowest BCUT2D eigenvalue weighted by molar-refractivity contribution is -0.122. The van der Waals surface area contributed by atoms with Crippen LogP contribution in [0.4, 0.5) is 0 Å². The maximum absolute atomic E-state index is 8.36. The molecule has 1 aromatic carbocycles. The summed E-state index contributed by atoms with van der Waals surface area (Å²) in [6.07, 6.45) is 8.89. The quantitative estimate of drug-likeness (QED) is 0.482. The zero-order valence-corrected chi connectivity index (χ0v) is 17.6. The molecule has 1 unspecified atom stereocenters. The van der Waals surface area contributed by atoms with Crippen LogP contribution in [-0.2, 0) is 4.79 Å². The number of carboxylic acid groups (broad SMARTS) is 1. The second-order valence-corrected chi connectivity index (χ2v) is 7.34. The Hall–Kier alpha value is -3.59. The number of rotatable bonds is 5. The van der Waals surface area contributed by atoms with Gasteiger partial charge in [0.2, 0.25) is 0 Å². The van der Waals surface area contributed by atoms with Crippen molar-refractivity contribution in [2.75, 3.05) is 7.11 Å². The molecule has 3 aromatic heterocycles. The van der Waals surface area contributed by atoms with Gasteiger partial charge in [-0.15, -0.1) is 11.3 Å². The second-order valence-electron chi connectivity index (χ2n) is 6.27. The molecule has 1 N–H and O–H groups in total. The van der Waals surface area contributed by atoms with E-state index in [1.807, 2.05) is 31.5 Å². The van der Waals surface area contributed by atoms with Crippen molar-refractivity contribution in [3.05, 3.63) is 65.4 Å². The van der Waals surface area contributed by atoms with E-state index in [4.69, 9.17) is 14.6 Å². The number of benzene rings is 1. The molecule has 3 heterocycles. The summed E-state index contributed by atoms with van der Waals surface area (Å²) in [4.78, 5) is 25.8. The van der Waals surface area contributed by atoms with Gasteiger partial charge in [0.1, 0.15) is 17.9 Å². The van der Waals surface area contributed by atoms with E-state index in [0.29, 0.717) is 0 Å². The third-order valence-corrected chi connectivity index (χ3v) is 5.27. The number of nitrogens with zero attached hydrogens (tertiary/aromatic N) is 5. The number of imidazole rings is 1. The van der Waals surface area contributed by atoms with Crippen molar-refractivity contribution in [1.82, 2.24) is 24.5 Å². The van der Waals surface area contributed by atoms with Gasteiger partial charge in [-0.1, -0.05) is 0 Å². The van der Waals surface area contributed by atoms with Crippen LogP contribution in [0, 0.1) is 6.92 Å². The number of ether oxygens (including phenoxy) is 1. The van der Waals surface area contributed by atoms with Crippen molar-refractivity contribution in [3.8, 4) is 28.3 Å². The molecule has 154 valence electrons. The lowest BCUT2D eigenvalue weighted by Crippen LogP contribution is -2.08. The van der Waals surface area contributed by atoms with Crippen LogP contribution < -0.4 is 4.74 Å². The molecule has 0 saturated heterocycles. The fourth-order valence-corrected chi connectivity index (χ4v) is 3.77. The SMILES string of the molecule is COc1ccc(-c2nccn2C(C)c2csc(C)n2)cc1-c1cncnc1.O=CO. The highest BCUT2D eigenvalue weighted by Gasteiger charge is 2.17. The molecule has 1 atom stereocenters. The van der Waals surface area contributed by atoms with E-state index in [9.17, 15) is 0 Å². The lowest BCUT2D eigenvalue weighted by atomic mass is 10.0. The van der Waals surface area contributed by atoms with Crippen LogP contribution in [-0.4, -0.2) is 43.2 Å². The molecule has 0 spiro atoms. The Morgan fingerprint density at radius 3 is 2.60 bits per heavy atom. The molecule has 4 rings (SSSR count). The monoisotopic (exact) mass is 423 g/mol. The Kier molecular flexibility index (Phi) is 6.87. The minimum absolute atomic E-state index is 0.0954. The summed E-state index contributed by atoms with van der Waals surface area (Å²) >= 11 is 1.66. The summed E-state index contributed by atoms with van der Waals surface area (Å²) in [6.45, 7) is 3.91. The van der Waals surface area contributed by atoms with E-state index in [0.717, 1.165) is 39.0 Å². The molecular formula is C21H21N5O3S. The first kappa shape index (κ1) is 21.1. The van der Waals surface area contributed by atoms with Crippen LogP contribution in [0.1, 0.15) is 23.7 Å². The average Bonchev–Trinajstić information content (AvgIpc) is 3.43. The molecule has 0 aliphatic carbocycles. The first-order valence-electron chi connectivity index (χ1n) is 9.05. The number of hydrogen-bond donors (Lipinski definition) is 1.